The first-order valence-corrected chi connectivity index (χ1v) is 2.55. The fraction of sp³-hybridized carbons (Fsp3) is 0.167. The Morgan fingerprint density at radius 1 is 1.78 bits per heavy atom. The third-order valence-corrected chi connectivity index (χ3v) is 1.08. The molecule has 0 aromatic carbocycles. The predicted molar refractivity (Wildman–Crippen MR) is 33.2 cm³/mol. The zero-order chi connectivity index (χ0) is 6.85. The van der Waals surface area contributed by atoms with Crippen LogP contribution >= 0.6 is 0 Å². The number of aryl methyl sites for hydroxylation is 1. The minimum atomic E-state index is 0.287. The quantitative estimate of drug-likeness (QED) is 0.569. The molecule has 0 fully saturated rings. The number of nitrogens with two attached hydrogens (primary N) is 1. The van der Waals surface area contributed by atoms with Gasteiger partial charge in [0.2, 0.25) is 0 Å². The standard InChI is InChI=1S/C6H7NO2/c1-4-2-6(7)9-5(4)3-8/h2-3H,7H2,1H3. The van der Waals surface area contributed by atoms with Crippen LogP contribution in [0.4, 0.5) is 5.88 Å². The Balaban J connectivity index is 3.15. The van der Waals surface area contributed by atoms with Crippen molar-refractivity contribution >= 4 is 12.2 Å². The average Bonchev–Trinajstić information content (AvgIpc) is 2.10. The molecule has 1 rings (SSSR count). The first-order chi connectivity index (χ1) is 4.24. The summed E-state index contributed by atoms with van der Waals surface area (Å²) in [5.74, 6) is 0.599. The molecule has 0 saturated carbocycles. The molecule has 2 N–H and O–H groups in total. The highest BCUT2D eigenvalue weighted by molar-refractivity contribution is 5.73. The molecule has 0 aliphatic rings. The second-order valence-electron chi connectivity index (χ2n) is 1.81. The minimum Gasteiger partial charge on any atom is -0.438 e. The van der Waals surface area contributed by atoms with E-state index in [4.69, 9.17) is 10.2 Å². The maximum Gasteiger partial charge on any atom is 0.191 e. The smallest absolute Gasteiger partial charge is 0.191 e. The Labute approximate surface area is 52.5 Å². The van der Waals surface area contributed by atoms with Gasteiger partial charge in [0.25, 0.3) is 0 Å². The van der Waals surface area contributed by atoms with Gasteiger partial charge in [0, 0.05) is 11.6 Å². The van der Waals surface area contributed by atoms with Crippen LogP contribution in [0.2, 0.25) is 0 Å². The topological polar surface area (TPSA) is 56.2 Å². The van der Waals surface area contributed by atoms with Crippen molar-refractivity contribution in [2.45, 2.75) is 6.92 Å². The van der Waals surface area contributed by atoms with Crippen LogP contribution in [0.3, 0.4) is 0 Å². The Bertz CT molecular complexity index is 227. The summed E-state index contributed by atoms with van der Waals surface area (Å²) in [7, 11) is 0. The number of furan rings is 1. The van der Waals surface area contributed by atoms with Gasteiger partial charge in [0.15, 0.2) is 17.9 Å². The summed E-state index contributed by atoms with van der Waals surface area (Å²) < 4.78 is 4.77. The van der Waals surface area contributed by atoms with E-state index in [1.54, 1.807) is 13.0 Å². The van der Waals surface area contributed by atoms with Gasteiger partial charge >= 0.3 is 0 Å². The Morgan fingerprint density at radius 3 is 2.67 bits per heavy atom. The maximum absolute atomic E-state index is 10.1. The van der Waals surface area contributed by atoms with Crippen LogP contribution in [-0.2, 0) is 0 Å². The molecule has 0 unspecified atom stereocenters. The van der Waals surface area contributed by atoms with Gasteiger partial charge in [0.05, 0.1) is 0 Å². The van der Waals surface area contributed by atoms with Crippen LogP contribution < -0.4 is 5.73 Å². The number of hydrogen-bond donors (Lipinski definition) is 1. The molecule has 0 bridgehead atoms. The van der Waals surface area contributed by atoms with Gasteiger partial charge in [-0.2, -0.15) is 0 Å². The minimum absolute atomic E-state index is 0.287. The number of carbonyl (C=O) groups is 1. The molecule has 1 heterocycles. The summed E-state index contributed by atoms with van der Waals surface area (Å²) in [6, 6.07) is 1.61. The van der Waals surface area contributed by atoms with Crippen molar-refractivity contribution in [3.05, 3.63) is 17.4 Å². The summed E-state index contributed by atoms with van der Waals surface area (Å²) in [6.07, 6.45) is 0.645. The molecule has 0 radical (unpaired) electrons. The van der Waals surface area contributed by atoms with E-state index in [1.165, 1.54) is 0 Å². The van der Waals surface area contributed by atoms with Crippen molar-refractivity contribution in [3.8, 4) is 0 Å². The van der Waals surface area contributed by atoms with Crippen LogP contribution in [0.25, 0.3) is 0 Å². The predicted octanol–water partition coefficient (Wildman–Crippen LogP) is 0.983. The number of hydrogen-bond acceptors (Lipinski definition) is 3. The summed E-state index contributed by atoms with van der Waals surface area (Å²) in [4.78, 5) is 10.1. The number of carbonyl (C=O) groups excluding carboxylic acids is 1. The molecular formula is C6H7NO2. The van der Waals surface area contributed by atoms with E-state index in [2.05, 4.69) is 0 Å². The highest BCUT2D eigenvalue weighted by Crippen LogP contribution is 2.12. The molecule has 48 valence electrons. The third-order valence-electron chi connectivity index (χ3n) is 1.08. The van der Waals surface area contributed by atoms with E-state index in [0.717, 1.165) is 5.56 Å². The first-order valence-electron chi connectivity index (χ1n) is 2.55. The average molecular weight is 125 g/mol. The highest BCUT2D eigenvalue weighted by atomic mass is 16.4. The fourth-order valence-electron chi connectivity index (χ4n) is 0.638. The normalized spacial score (nSPS) is 9.44. The largest absolute Gasteiger partial charge is 0.438 e. The van der Waals surface area contributed by atoms with Crippen LogP contribution in [0, 0.1) is 6.92 Å². The lowest BCUT2D eigenvalue weighted by Gasteiger charge is -1.79. The van der Waals surface area contributed by atoms with Gasteiger partial charge < -0.3 is 10.2 Å². The lowest BCUT2D eigenvalue weighted by molar-refractivity contribution is 0.110. The first kappa shape index (κ1) is 5.88. The van der Waals surface area contributed by atoms with Crippen molar-refractivity contribution < 1.29 is 9.21 Å². The SMILES string of the molecule is Cc1cc(N)oc1C=O. The number of nitrogen functional groups attached to an aromatic ring is 1. The molecule has 1 aromatic heterocycles. The molecule has 0 atom stereocenters. The van der Waals surface area contributed by atoms with Gasteiger partial charge in [-0.1, -0.05) is 0 Å². The highest BCUT2D eigenvalue weighted by Gasteiger charge is 2.01. The van der Waals surface area contributed by atoms with Gasteiger partial charge in [-0.15, -0.1) is 0 Å². The zero-order valence-electron chi connectivity index (χ0n) is 5.05. The van der Waals surface area contributed by atoms with Crippen LogP contribution in [-0.4, -0.2) is 6.29 Å². The monoisotopic (exact) mass is 125 g/mol. The van der Waals surface area contributed by atoms with Crippen molar-refractivity contribution in [1.82, 2.24) is 0 Å². The van der Waals surface area contributed by atoms with E-state index >= 15 is 0 Å². The zero-order valence-corrected chi connectivity index (χ0v) is 5.05. The molecule has 0 spiro atoms. The summed E-state index contributed by atoms with van der Waals surface area (Å²) in [5.41, 5.74) is 6.01. The van der Waals surface area contributed by atoms with Crippen molar-refractivity contribution in [1.29, 1.82) is 0 Å². The van der Waals surface area contributed by atoms with Crippen molar-refractivity contribution in [3.63, 3.8) is 0 Å². The molecule has 9 heavy (non-hydrogen) atoms. The van der Waals surface area contributed by atoms with E-state index in [0.29, 0.717) is 12.0 Å². The molecule has 0 aliphatic carbocycles. The molecule has 3 nitrogen and oxygen atoms in total. The number of aldehydes is 1. The lowest BCUT2D eigenvalue weighted by atomic mass is 10.3. The van der Waals surface area contributed by atoms with Gasteiger partial charge in [0.1, 0.15) is 0 Å². The lowest BCUT2D eigenvalue weighted by Crippen LogP contribution is -1.76. The van der Waals surface area contributed by atoms with Crippen LogP contribution in [0.5, 0.6) is 0 Å². The van der Waals surface area contributed by atoms with E-state index in [-0.39, 0.29) is 5.88 Å². The van der Waals surface area contributed by atoms with Gasteiger partial charge in [-0.25, -0.2) is 0 Å². The second-order valence-corrected chi connectivity index (χ2v) is 1.81. The Kier molecular flexibility index (Phi) is 1.26. The van der Waals surface area contributed by atoms with E-state index in [9.17, 15) is 4.79 Å². The number of rotatable bonds is 1. The molecule has 0 amide bonds. The van der Waals surface area contributed by atoms with Crippen molar-refractivity contribution in [2.24, 2.45) is 0 Å². The molecule has 0 aliphatic heterocycles. The van der Waals surface area contributed by atoms with Crippen LogP contribution in [0.1, 0.15) is 16.1 Å². The molecule has 3 heteroatoms. The van der Waals surface area contributed by atoms with Gasteiger partial charge in [-0.3, -0.25) is 4.79 Å². The second kappa shape index (κ2) is 1.93. The van der Waals surface area contributed by atoms with Crippen LogP contribution in [0.15, 0.2) is 10.5 Å². The fourth-order valence-corrected chi connectivity index (χ4v) is 0.638. The maximum atomic E-state index is 10.1. The Morgan fingerprint density at radius 2 is 2.44 bits per heavy atom. The third kappa shape index (κ3) is 0.937. The van der Waals surface area contributed by atoms with E-state index in [1.807, 2.05) is 0 Å². The summed E-state index contributed by atoms with van der Waals surface area (Å²) in [5, 5.41) is 0. The molecule has 0 saturated heterocycles. The summed E-state index contributed by atoms with van der Waals surface area (Å²) in [6.45, 7) is 1.77. The molecular weight excluding hydrogens is 118 g/mol. The van der Waals surface area contributed by atoms with E-state index < -0.39 is 0 Å². The van der Waals surface area contributed by atoms with Crippen molar-refractivity contribution in [2.75, 3.05) is 5.73 Å². The number of anilines is 1. The summed E-state index contributed by atoms with van der Waals surface area (Å²) >= 11 is 0. The molecule has 1 aromatic rings. The van der Waals surface area contributed by atoms with Gasteiger partial charge in [-0.05, 0) is 6.92 Å². The Hall–Kier alpha value is -1.25.